The summed E-state index contributed by atoms with van der Waals surface area (Å²) in [5.41, 5.74) is 3.35. The molecule has 5 rings (SSSR count). The topological polar surface area (TPSA) is 26.3 Å². The molecule has 3 aromatic carbocycles. The van der Waals surface area contributed by atoms with Gasteiger partial charge in [0.1, 0.15) is 22.3 Å². The molecule has 0 aliphatic rings. The lowest BCUT2D eigenvalue weighted by atomic mass is 10.1. The first-order chi connectivity index (χ1) is 10.7. The molecule has 0 saturated carbocycles. The molecular weight excluding hydrogens is 364 g/mol. The molecule has 0 unspecified atom stereocenters. The van der Waals surface area contributed by atoms with Crippen LogP contribution in [0.1, 0.15) is 0 Å². The molecule has 0 spiro atoms. The quantitative estimate of drug-likeness (QED) is 0.296. The van der Waals surface area contributed by atoms with E-state index < -0.39 is 0 Å². The van der Waals surface area contributed by atoms with Crippen molar-refractivity contribution in [3.63, 3.8) is 0 Å². The van der Waals surface area contributed by atoms with Crippen molar-refractivity contribution in [1.29, 1.82) is 0 Å². The number of hydrogen-bond donors (Lipinski definition) is 0. The lowest BCUT2D eigenvalue weighted by Crippen LogP contribution is -1.69. The minimum atomic E-state index is 0.671. The van der Waals surface area contributed by atoms with Crippen LogP contribution in [0.15, 0.2) is 61.8 Å². The van der Waals surface area contributed by atoms with Crippen molar-refractivity contribution in [2.75, 3.05) is 0 Å². The van der Waals surface area contributed by atoms with E-state index in [1.54, 1.807) is 0 Å². The second-order valence-electron chi connectivity index (χ2n) is 5.31. The van der Waals surface area contributed by atoms with Crippen LogP contribution in [0.3, 0.4) is 0 Å². The third-order valence-corrected chi connectivity index (χ3v) is 4.86. The summed E-state index contributed by atoms with van der Waals surface area (Å²) in [4.78, 5) is 0. The maximum Gasteiger partial charge on any atom is 0.149 e. The Hall–Kier alpha value is -1.97. The van der Waals surface area contributed by atoms with Crippen molar-refractivity contribution in [2.24, 2.45) is 0 Å². The van der Waals surface area contributed by atoms with E-state index in [0.29, 0.717) is 5.02 Å². The first-order valence-corrected chi connectivity index (χ1v) is 8.00. The SMILES string of the molecule is Clc1ccc2c(c1)oc1cc3c(cc12)oc1c(Br)cccc13. The average molecular weight is 372 g/mol. The van der Waals surface area contributed by atoms with Crippen LogP contribution in [0.4, 0.5) is 0 Å². The smallest absolute Gasteiger partial charge is 0.149 e. The van der Waals surface area contributed by atoms with Gasteiger partial charge in [-0.2, -0.15) is 0 Å². The fourth-order valence-corrected chi connectivity index (χ4v) is 3.62. The Morgan fingerprint density at radius 1 is 0.727 bits per heavy atom. The molecule has 0 saturated heterocycles. The Labute approximate surface area is 138 Å². The summed E-state index contributed by atoms with van der Waals surface area (Å²) in [5.74, 6) is 0. The Bertz CT molecular complexity index is 1200. The maximum absolute atomic E-state index is 6.04. The second-order valence-corrected chi connectivity index (χ2v) is 6.60. The first kappa shape index (κ1) is 12.6. The number of para-hydroxylation sites is 1. The minimum Gasteiger partial charge on any atom is -0.456 e. The summed E-state index contributed by atoms with van der Waals surface area (Å²) in [6.07, 6.45) is 0. The molecule has 106 valence electrons. The van der Waals surface area contributed by atoms with Crippen molar-refractivity contribution < 1.29 is 8.83 Å². The fraction of sp³-hybridized carbons (Fsp3) is 0. The van der Waals surface area contributed by atoms with Crippen LogP contribution >= 0.6 is 27.5 Å². The molecule has 0 aliphatic carbocycles. The van der Waals surface area contributed by atoms with Crippen molar-refractivity contribution >= 4 is 71.4 Å². The lowest BCUT2D eigenvalue weighted by Gasteiger charge is -1.91. The van der Waals surface area contributed by atoms with Gasteiger partial charge in [0.2, 0.25) is 0 Å². The van der Waals surface area contributed by atoms with Gasteiger partial charge in [-0.1, -0.05) is 23.7 Å². The predicted octanol–water partition coefficient (Wildman–Crippen LogP) is 6.90. The van der Waals surface area contributed by atoms with Crippen LogP contribution in [0.5, 0.6) is 0 Å². The standard InChI is InChI=1S/C18H8BrClO2/c19-14-3-1-2-11-13-8-16-12(7-17(13)22-18(11)14)10-5-4-9(20)6-15(10)21-16/h1-8H. The van der Waals surface area contributed by atoms with Gasteiger partial charge in [-0.25, -0.2) is 0 Å². The van der Waals surface area contributed by atoms with Crippen LogP contribution in [0.2, 0.25) is 5.02 Å². The highest BCUT2D eigenvalue weighted by Crippen LogP contribution is 2.38. The molecule has 0 N–H and O–H groups in total. The zero-order chi connectivity index (χ0) is 14.8. The zero-order valence-corrected chi connectivity index (χ0v) is 13.5. The molecular formula is C18H8BrClO2. The minimum absolute atomic E-state index is 0.671. The average Bonchev–Trinajstić information content (AvgIpc) is 3.03. The molecule has 0 radical (unpaired) electrons. The molecule has 2 aromatic heterocycles. The van der Waals surface area contributed by atoms with Crippen molar-refractivity contribution in [3.8, 4) is 0 Å². The van der Waals surface area contributed by atoms with Gasteiger partial charge in [0.15, 0.2) is 0 Å². The number of rotatable bonds is 0. The third-order valence-electron chi connectivity index (χ3n) is 4.00. The van der Waals surface area contributed by atoms with Gasteiger partial charge in [-0.3, -0.25) is 0 Å². The van der Waals surface area contributed by atoms with Crippen LogP contribution < -0.4 is 0 Å². The van der Waals surface area contributed by atoms with E-state index in [2.05, 4.69) is 22.0 Å². The van der Waals surface area contributed by atoms with Crippen LogP contribution in [0, 0.1) is 0 Å². The Balaban J connectivity index is 1.99. The summed E-state index contributed by atoms with van der Waals surface area (Å²) < 4.78 is 12.9. The van der Waals surface area contributed by atoms with Crippen LogP contribution in [-0.2, 0) is 0 Å². The summed E-state index contributed by atoms with van der Waals surface area (Å²) in [7, 11) is 0. The highest BCUT2D eigenvalue weighted by atomic mass is 79.9. The number of hydrogen-bond acceptors (Lipinski definition) is 2. The van der Waals surface area contributed by atoms with Gasteiger partial charge in [0.05, 0.1) is 4.47 Å². The van der Waals surface area contributed by atoms with E-state index in [1.165, 1.54) is 0 Å². The molecule has 22 heavy (non-hydrogen) atoms. The highest BCUT2D eigenvalue weighted by Gasteiger charge is 2.14. The number of halogens is 2. The largest absolute Gasteiger partial charge is 0.456 e. The molecule has 0 atom stereocenters. The Morgan fingerprint density at radius 2 is 1.45 bits per heavy atom. The van der Waals surface area contributed by atoms with Gasteiger partial charge < -0.3 is 8.83 Å². The molecule has 2 heterocycles. The summed E-state index contributed by atoms with van der Waals surface area (Å²) in [6, 6.07) is 15.8. The van der Waals surface area contributed by atoms with Crippen LogP contribution in [0.25, 0.3) is 43.9 Å². The Kier molecular flexibility index (Phi) is 2.44. The van der Waals surface area contributed by atoms with Crippen LogP contribution in [-0.4, -0.2) is 0 Å². The first-order valence-electron chi connectivity index (χ1n) is 6.83. The van der Waals surface area contributed by atoms with E-state index in [1.807, 2.05) is 42.5 Å². The molecule has 4 heteroatoms. The van der Waals surface area contributed by atoms with E-state index in [-0.39, 0.29) is 0 Å². The van der Waals surface area contributed by atoms with E-state index in [0.717, 1.165) is 48.3 Å². The molecule has 5 aromatic rings. The Morgan fingerprint density at radius 3 is 2.32 bits per heavy atom. The normalized spacial score (nSPS) is 12.1. The molecule has 0 amide bonds. The van der Waals surface area contributed by atoms with E-state index in [4.69, 9.17) is 20.4 Å². The second kappa shape index (κ2) is 4.28. The van der Waals surface area contributed by atoms with Gasteiger partial charge in [-0.05, 0) is 46.3 Å². The maximum atomic E-state index is 6.04. The van der Waals surface area contributed by atoms with Crippen molar-refractivity contribution in [2.45, 2.75) is 0 Å². The molecule has 0 bridgehead atoms. The molecule has 0 aliphatic heterocycles. The van der Waals surface area contributed by atoms with Gasteiger partial charge >= 0.3 is 0 Å². The fourth-order valence-electron chi connectivity index (χ4n) is 3.01. The van der Waals surface area contributed by atoms with E-state index in [9.17, 15) is 0 Å². The van der Waals surface area contributed by atoms with Crippen molar-refractivity contribution in [1.82, 2.24) is 0 Å². The van der Waals surface area contributed by atoms with Gasteiger partial charge in [-0.15, -0.1) is 0 Å². The number of furan rings is 2. The van der Waals surface area contributed by atoms with Crippen molar-refractivity contribution in [3.05, 3.63) is 58.0 Å². The third kappa shape index (κ3) is 1.61. The number of fused-ring (bicyclic) bond motifs is 6. The van der Waals surface area contributed by atoms with E-state index >= 15 is 0 Å². The summed E-state index contributed by atoms with van der Waals surface area (Å²) >= 11 is 9.58. The van der Waals surface area contributed by atoms with Gasteiger partial charge in [0.25, 0.3) is 0 Å². The molecule has 0 fully saturated rings. The lowest BCUT2D eigenvalue weighted by molar-refractivity contribution is 0.663. The van der Waals surface area contributed by atoms with Gasteiger partial charge in [0, 0.05) is 32.6 Å². The monoisotopic (exact) mass is 370 g/mol. The summed E-state index contributed by atoms with van der Waals surface area (Å²) in [6.45, 7) is 0. The molecule has 2 nitrogen and oxygen atoms in total. The predicted molar refractivity (Wildman–Crippen MR) is 93.7 cm³/mol. The zero-order valence-electron chi connectivity index (χ0n) is 11.2. The number of benzene rings is 3. The highest BCUT2D eigenvalue weighted by molar-refractivity contribution is 9.10. The summed E-state index contributed by atoms with van der Waals surface area (Å²) in [5, 5.41) is 4.87.